The van der Waals surface area contributed by atoms with Gasteiger partial charge >= 0.3 is 0 Å². The fraction of sp³-hybridized carbons (Fsp3) is 0.429. The fourth-order valence-corrected chi connectivity index (χ4v) is 4.71. The molecule has 0 aromatic carbocycles. The van der Waals surface area contributed by atoms with Crippen LogP contribution in [0.1, 0.15) is 18.4 Å². The van der Waals surface area contributed by atoms with Crippen LogP contribution in [0.5, 0.6) is 0 Å². The van der Waals surface area contributed by atoms with E-state index in [9.17, 15) is 21.8 Å². The molecule has 1 fully saturated rings. The maximum absolute atomic E-state index is 12.7. The van der Waals surface area contributed by atoms with Gasteiger partial charge in [0.15, 0.2) is 11.5 Å². The molecule has 0 aliphatic carbocycles. The number of rotatable bonds is 5. The summed E-state index contributed by atoms with van der Waals surface area (Å²) in [4.78, 5) is 8.70. The van der Waals surface area contributed by atoms with Crippen molar-refractivity contribution >= 4 is 33.9 Å². The standard InChI is InChI=1S/C15H14F2N8.C6H11F2NOS/c1-19-13-12-9(2-4-24(12)23-15(18)22-13)10-3-5-25-14(21-10)8(7-20-25)6-11(16)17;1-11(10)9-4-2-3-6(7,8)5-9/h2-5,7,11H,6H2,1H3,(H3,18,19,22,23);2-5H2,1H3. The third kappa shape index (κ3) is 5.56. The van der Waals surface area contributed by atoms with Crippen molar-refractivity contribution in [2.24, 2.45) is 0 Å². The first-order valence-corrected chi connectivity index (χ1v) is 12.5. The van der Waals surface area contributed by atoms with Crippen LogP contribution in [0.15, 0.2) is 30.7 Å². The number of anilines is 2. The average molecular weight is 528 g/mol. The summed E-state index contributed by atoms with van der Waals surface area (Å²) in [5, 5.41) is 11.2. The van der Waals surface area contributed by atoms with Crippen LogP contribution in [0.3, 0.4) is 0 Å². The molecule has 5 heterocycles. The molecular weight excluding hydrogens is 502 g/mol. The second kappa shape index (κ2) is 10.3. The summed E-state index contributed by atoms with van der Waals surface area (Å²) >= 11 is 0. The molecule has 15 heteroatoms. The lowest BCUT2D eigenvalue weighted by atomic mass is 10.1. The quantitative estimate of drug-likeness (QED) is 0.383. The van der Waals surface area contributed by atoms with E-state index < -0.39 is 29.8 Å². The first-order chi connectivity index (χ1) is 17.1. The summed E-state index contributed by atoms with van der Waals surface area (Å²) < 4.78 is 65.9. The third-order valence-electron chi connectivity index (χ3n) is 5.58. The van der Waals surface area contributed by atoms with E-state index in [1.165, 1.54) is 21.3 Å². The van der Waals surface area contributed by atoms with Gasteiger partial charge in [0.2, 0.25) is 12.4 Å². The number of aromatic nitrogens is 6. The molecule has 3 N–H and O–H groups in total. The highest BCUT2D eigenvalue weighted by Crippen LogP contribution is 2.29. The van der Waals surface area contributed by atoms with Gasteiger partial charge in [0.1, 0.15) is 5.52 Å². The minimum Gasteiger partial charge on any atom is -0.371 e. The molecule has 4 aromatic heterocycles. The summed E-state index contributed by atoms with van der Waals surface area (Å²) in [5.74, 6) is -1.95. The summed E-state index contributed by atoms with van der Waals surface area (Å²) in [6.45, 7) is 0.175. The molecule has 36 heavy (non-hydrogen) atoms. The third-order valence-corrected chi connectivity index (χ3v) is 6.62. The van der Waals surface area contributed by atoms with Crippen molar-refractivity contribution in [2.75, 3.05) is 37.4 Å². The number of fused-ring (bicyclic) bond motifs is 2. The summed E-state index contributed by atoms with van der Waals surface area (Å²) in [7, 11) is 0.484. The van der Waals surface area contributed by atoms with Crippen molar-refractivity contribution < 1.29 is 21.8 Å². The van der Waals surface area contributed by atoms with Crippen LogP contribution < -0.4 is 11.1 Å². The van der Waals surface area contributed by atoms with Gasteiger partial charge in [-0.05, 0) is 18.6 Å². The molecule has 1 unspecified atom stereocenters. The van der Waals surface area contributed by atoms with Crippen molar-refractivity contribution in [3.05, 3.63) is 36.3 Å². The van der Waals surface area contributed by atoms with E-state index in [-0.39, 0.29) is 18.9 Å². The highest BCUT2D eigenvalue weighted by atomic mass is 32.2. The average Bonchev–Trinajstić information content (AvgIpc) is 3.41. The Morgan fingerprint density at radius 1 is 1.22 bits per heavy atom. The van der Waals surface area contributed by atoms with Gasteiger partial charge < -0.3 is 11.1 Å². The van der Waals surface area contributed by atoms with Crippen LogP contribution in [0, 0.1) is 0 Å². The maximum Gasteiger partial charge on any atom is 0.261 e. The summed E-state index contributed by atoms with van der Waals surface area (Å²) in [6, 6.07) is 3.59. The van der Waals surface area contributed by atoms with Crippen LogP contribution in [-0.4, -0.2) is 76.5 Å². The van der Waals surface area contributed by atoms with Crippen molar-refractivity contribution in [3.8, 4) is 11.3 Å². The van der Waals surface area contributed by atoms with E-state index in [1.54, 1.807) is 30.0 Å². The topological polar surface area (TPSA) is 119 Å². The number of piperidine rings is 1. The number of alkyl halides is 4. The Hall–Kier alpha value is -3.33. The Morgan fingerprint density at radius 2 is 1.97 bits per heavy atom. The molecule has 0 saturated carbocycles. The zero-order chi connectivity index (χ0) is 26.0. The highest BCUT2D eigenvalue weighted by Gasteiger charge is 2.36. The molecule has 0 bridgehead atoms. The van der Waals surface area contributed by atoms with Crippen LogP contribution >= 0.6 is 0 Å². The molecule has 1 saturated heterocycles. The number of nitrogens with zero attached hydrogens (tertiary/aromatic N) is 7. The molecule has 1 atom stereocenters. The zero-order valence-electron chi connectivity index (χ0n) is 19.5. The maximum atomic E-state index is 12.7. The minimum absolute atomic E-state index is 0.0688. The van der Waals surface area contributed by atoms with Gasteiger partial charge in [-0.15, -0.1) is 5.10 Å². The Labute approximate surface area is 206 Å². The smallest absolute Gasteiger partial charge is 0.261 e. The molecular formula is C21H25F4N9OS. The predicted molar refractivity (Wildman–Crippen MR) is 128 cm³/mol. The van der Waals surface area contributed by atoms with E-state index >= 15 is 0 Å². The van der Waals surface area contributed by atoms with Gasteiger partial charge in [-0.2, -0.15) is 10.1 Å². The Morgan fingerprint density at radius 3 is 2.61 bits per heavy atom. The number of hydrogen-bond donors (Lipinski definition) is 2. The van der Waals surface area contributed by atoms with Crippen LogP contribution in [0.2, 0.25) is 0 Å². The number of nitrogens with two attached hydrogens (primary N) is 1. The van der Waals surface area contributed by atoms with Crippen LogP contribution in [0.25, 0.3) is 22.4 Å². The van der Waals surface area contributed by atoms with E-state index in [0.29, 0.717) is 41.2 Å². The molecule has 0 spiro atoms. The van der Waals surface area contributed by atoms with E-state index in [2.05, 4.69) is 25.5 Å². The molecule has 4 aromatic rings. The largest absolute Gasteiger partial charge is 0.371 e. The van der Waals surface area contributed by atoms with Crippen LogP contribution in [-0.2, 0) is 17.4 Å². The van der Waals surface area contributed by atoms with Gasteiger partial charge in [-0.1, -0.05) is 0 Å². The van der Waals surface area contributed by atoms with Gasteiger partial charge in [0.25, 0.3) is 5.92 Å². The molecule has 5 rings (SSSR count). The lowest BCUT2D eigenvalue weighted by molar-refractivity contribution is -0.0421. The molecule has 10 nitrogen and oxygen atoms in total. The second-order valence-corrected chi connectivity index (χ2v) is 9.55. The van der Waals surface area contributed by atoms with Crippen molar-refractivity contribution in [3.63, 3.8) is 0 Å². The van der Waals surface area contributed by atoms with Crippen molar-refractivity contribution in [2.45, 2.75) is 31.6 Å². The predicted octanol–water partition coefficient (Wildman–Crippen LogP) is 2.88. The second-order valence-electron chi connectivity index (χ2n) is 8.18. The number of nitrogen functional groups attached to an aromatic ring is 1. The number of halogens is 4. The molecule has 1 aliphatic heterocycles. The van der Waals surface area contributed by atoms with Gasteiger partial charge in [0.05, 0.1) is 29.4 Å². The summed E-state index contributed by atoms with van der Waals surface area (Å²) in [5.41, 5.74) is 8.56. The fourth-order valence-electron chi connectivity index (χ4n) is 3.95. The SMILES string of the molecule is CNc1nc(N)nn2ccc(-c3ccn4ncc(CC(F)F)c4n3)c12.CS(=O)N1CCCC(F)(F)C1. The normalized spacial score (nSPS) is 16.8. The Kier molecular flexibility index (Phi) is 7.40. The molecule has 1 aliphatic rings. The molecule has 0 amide bonds. The molecule has 0 radical (unpaired) electrons. The minimum atomic E-state index is -2.64. The first-order valence-electron chi connectivity index (χ1n) is 11.0. The zero-order valence-corrected chi connectivity index (χ0v) is 20.4. The monoisotopic (exact) mass is 527 g/mol. The van der Waals surface area contributed by atoms with E-state index in [4.69, 9.17) is 5.73 Å². The Bertz CT molecular complexity index is 1390. The van der Waals surface area contributed by atoms with Gasteiger partial charge in [-0.25, -0.2) is 40.1 Å². The van der Waals surface area contributed by atoms with Crippen LogP contribution in [0.4, 0.5) is 29.3 Å². The highest BCUT2D eigenvalue weighted by molar-refractivity contribution is 7.81. The van der Waals surface area contributed by atoms with Gasteiger partial charge in [0, 0.05) is 56.2 Å². The molecule has 194 valence electrons. The number of nitrogens with one attached hydrogen (secondary N) is 1. The van der Waals surface area contributed by atoms with Gasteiger partial charge in [-0.3, -0.25) is 0 Å². The number of hydrogen-bond acceptors (Lipinski definition) is 7. The Balaban J connectivity index is 0.000000233. The summed E-state index contributed by atoms with van der Waals surface area (Å²) in [6.07, 6.45) is 3.80. The van der Waals surface area contributed by atoms with E-state index in [1.807, 2.05) is 6.07 Å². The van der Waals surface area contributed by atoms with E-state index in [0.717, 1.165) is 5.56 Å². The lowest BCUT2D eigenvalue weighted by Gasteiger charge is -2.30. The van der Waals surface area contributed by atoms with Crippen molar-refractivity contribution in [1.29, 1.82) is 0 Å². The lowest BCUT2D eigenvalue weighted by Crippen LogP contribution is -2.42. The van der Waals surface area contributed by atoms with Crippen molar-refractivity contribution in [1.82, 2.24) is 33.5 Å². The first kappa shape index (κ1) is 25.8.